The summed E-state index contributed by atoms with van der Waals surface area (Å²) >= 11 is 3.05. The van der Waals surface area contributed by atoms with Gasteiger partial charge in [-0.2, -0.15) is 0 Å². The molecule has 6 heteroatoms. The molecule has 0 spiro atoms. The Bertz CT molecular complexity index is 646. The van der Waals surface area contributed by atoms with E-state index >= 15 is 0 Å². The molecule has 2 rings (SSSR count). The van der Waals surface area contributed by atoms with Crippen molar-refractivity contribution in [3.63, 3.8) is 0 Å². The zero-order chi connectivity index (χ0) is 14.0. The van der Waals surface area contributed by atoms with Gasteiger partial charge in [0.05, 0.1) is 27.6 Å². The minimum atomic E-state index is -0.444. The predicted octanol–water partition coefficient (Wildman–Crippen LogP) is 3.13. The summed E-state index contributed by atoms with van der Waals surface area (Å²) in [5.41, 5.74) is 7.29. The Morgan fingerprint density at radius 3 is 2.84 bits per heavy atom. The van der Waals surface area contributed by atoms with Crippen molar-refractivity contribution < 1.29 is 9.18 Å². The van der Waals surface area contributed by atoms with Crippen molar-refractivity contribution in [3.05, 3.63) is 52.0 Å². The van der Waals surface area contributed by atoms with E-state index in [9.17, 15) is 9.18 Å². The van der Waals surface area contributed by atoms with Gasteiger partial charge in [0.1, 0.15) is 5.82 Å². The number of nitrogen functional groups attached to an aromatic ring is 1. The molecule has 19 heavy (non-hydrogen) atoms. The van der Waals surface area contributed by atoms with Crippen molar-refractivity contribution in [1.29, 1.82) is 0 Å². The van der Waals surface area contributed by atoms with Gasteiger partial charge in [0.15, 0.2) is 0 Å². The van der Waals surface area contributed by atoms with Crippen LogP contribution in [0, 0.1) is 12.7 Å². The van der Waals surface area contributed by atoms with Gasteiger partial charge in [-0.05, 0) is 47.1 Å². The van der Waals surface area contributed by atoms with Crippen molar-refractivity contribution in [1.82, 2.24) is 4.98 Å². The molecule has 0 unspecified atom stereocenters. The summed E-state index contributed by atoms with van der Waals surface area (Å²) in [5, 5.41) is 2.60. The Hall–Kier alpha value is -1.95. The predicted molar refractivity (Wildman–Crippen MR) is 75.4 cm³/mol. The second-order valence-corrected chi connectivity index (χ2v) is 4.84. The van der Waals surface area contributed by atoms with Crippen molar-refractivity contribution in [2.75, 3.05) is 11.1 Å². The Morgan fingerprint density at radius 1 is 1.42 bits per heavy atom. The highest BCUT2D eigenvalue weighted by Crippen LogP contribution is 2.20. The third-order valence-corrected chi connectivity index (χ3v) is 3.17. The standard InChI is InChI=1S/C13H11BrFN3O/c1-7-10(4-8(16)6-17-7)13(19)18-9-2-3-11(14)12(15)5-9/h2-6H,16H2,1H3,(H,18,19). The SMILES string of the molecule is Cc1ncc(N)cc1C(=O)Nc1ccc(Br)c(F)c1. The molecule has 1 aromatic heterocycles. The first-order valence-corrected chi connectivity index (χ1v) is 6.25. The van der Waals surface area contributed by atoms with Crippen LogP contribution in [0.25, 0.3) is 0 Å². The molecule has 0 aliphatic rings. The van der Waals surface area contributed by atoms with E-state index in [1.54, 1.807) is 13.0 Å². The molecule has 0 bridgehead atoms. The summed E-state index contributed by atoms with van der Waals surface area (Å²) in [7, 11) is 0. The van der Waals surface area contributed by atoms with E-state index in [0.29, 0.717) is 27.1 Å². The van der Waals surface area contributed by atoms with E-state index in [1.807, 2.05) is 0 Å². The van der Waals surface area contributed by atoms with E-state index in [1.165, 1.54) is 24.4 Å². The van der Waals surface area contributed by atoms with Gasteiger partial charge in [-0.3, -0.25) is 9.78 Å². The molecule has 0 atom stereocenters. The molecular formula is C13H11BrFN3O. The van der Waals surface area contributed by atoms with Crippen LogP contribution < -0.4 is 11.1 Å². The average Bonchev–Trinajstić information content (AvgIpc) is 2.36. The summed E-state index contributed by atoms with van der Waals surface area (Å²) < 4.78 is 13.7. The van der Waals surface area contributed by atoms with Gasteiger partial charge in [-0.15, -0.1) is 0 Å². The highest BCUT2D eigenvalue weighted by Gasteiger charge is 2.11. The summed E-state index contributed by atoms with van der Waals surface area (Å²) in [6.07, 6.45) is 1.48. The number of halogens is 2. The van der Waals surface area contributed by atoms with E-state index in [0.717, 1.165) is 0 Å². The first-order valence-electron chi connectivity index (χ1n) is 5.46. The van der Waals surface area contributed by atoms with Gasteiger partial charge >= 0.3 is 0 Å². The topological polar surface area (TPSA) is 68.0 Å². The minimum absolute atomic E-state index is 0.340. The minimum Gasteiger partial charge on any atom is -0.397 e. The van der Waals surface area contributed by atoms with E-state index in [4.69, 9.17) is 5.73 Å². The molecule has 1 aromatic carbocycles. The number of pyridine rings is 1. The number of anilines is 2. The number of nitrogens with zero attached hydrogens (tertiary/aromatic N) is 1. The molecule has 98 valence electrons. The fraction of sp³-hybridized carbons (Fsp3) is 0.0769. The molecule has 4 nitrogen and oxygen atoms in total. The number of nitrogens with two attached hydrogens (primary N) is 1. The molecule has 0 radical (unpaired) electrons. The van der Waals surface area contributed by atoms with Gasteiger partial charge < -0.3 is 11.1 Å². The Kier molecular flexibility index (Phi) is 3.80. The molecule has 0 saturated carbocycles. The van der Waals surface area contributed by atoms with Crippen molar-refractivity contribution in [2.24, 2.45) is 0 Å². The highest BCUT2D eigenvalue weighted by atomic mass is 79.9. The van der Waals surface area contributed by atoms with Crippen LogP contribution in [0.2, 0.25) is 0 Å². The number of hydrogen-bond acceptors (Lipinski definition) is 3. The lowest BCUT2D eigenvalue weighted by Gasteiger charge is -2.08. The largest absolute Gasteiger partial charge is 0.397 e. The fourth-order valence-corrected chi connectivity index (χ4v) is 1.80. The van der Waals surface area contributed by atoms with Crippen molar-refractivity contribution in [3.8, 4) is 0 Å². The summed E-state index contributed by atoms with van der Waals surface area (Å²) in [6, 6.07) is 5.89. The van der Waals surface area contributed by atoms with Crippen LogP contribution in [-0.4, -0.2) is 10.9 Å². The number of carbonyl (C=O) groups excluding carboxylic acids is 1. The smallest absolute Gasteiger partial charge is 0.257 e. The van der Waals surface area contributed by atoms with Crippen LogP contribution in [0.3, 0.4) is 0 Å². The van der Waals surface area contributed by atoms with E-state index in [2.05, 4.69) is 26.2 Å². The van der Waals surface area contributed by atoms with Crippen LogP contribution in [0.15, 0.2) is 34.9 Å². The maximum atomic E-state index is 13.3. The van der Waals surface area contributed by atoms with Gasteiger partial charge in [0.2, 0.25) is 0 Å². The second-order valence-electron chi connectivity index (χ2n) is 3.98. The number of rotatable bonds is 2. The van der Waals surface area contributed by atoms with E-state index in [-0.39, 0.29) is 5.91 Å². The van der Waals surface area contributed by atoms with Crippen LogP contribution in [0.5, 0.6) is 0 Å². The molecule has 0 fully saturated rings. The normalized spacial score (nSPS) is 10.3. The zero-order valence-electron chi connectivity index (χ0n) is 10.1. The zero-order valence-corrected chi connectivity index (χ0v) is 11.7. The Morgan fingerprint density at radius 2 is 2.16 bits per heavy atom. The molecule has 1 amide bonds. The van der Waals surface area contributed by atoms with Gasteiger partial charge in [-0.25, -0.2) is 4.39 Å². The number of hydrogen-bond donors (Lipinski definition) is 2. The van der Waals surface area contributed by atoms with Crippen LogP contribution >= 0.6 is 15.9 Å². The molecule has 0 aliphatic carbocycles. The van der Waals surface area contributed by atoms with Crippen molar-refractivity contribution >= 4 is 33.2 Å². The first-order chi connectivity index (χ1) is 8.97. The number of amides is 1. The Balaban J connectivity index is 2.25. The first kappa shape index (κ1) is 13.5. The molecule has 1 heterocycles. The van der Waals surface area contributed by atoms with Gasteiger partial charge in [-0.1, -0.05) is 0 Å². The molecule has 0 aliphatic heterocycles. The summed E-state index contributed by atoms with van der Waals surface area (Å²) in [4.78, 5) is 16.0. The average molecular weight is 324 g/mol. The van der Waals surface area contributed by atoms with Crippen LogP contribution in [0.4, 0.5) is 15.8 Å². The van der Waals surface area contributed by atoms with Crippen LogP contribution in [0.1, 0.15) is 16.1 Å². The number of aryl methyl sites for hydroxylation is 1. The fourth-order valence-electron chi connectivity index (χ4n) is 1.55. The Labute approximate surface area is 118 Å². The van der Waals surface area contributed by atoms with Crippen LogP contribution in [-0.2, 0) is 0 Å². The third kappa shape index (κ3) is 3.08. The maximum absolute atomic E-state index is 13.3. The van der Waals surface area contributed by atoms with E-state index < -0.39 is 5.82 Å². The van der Waals surface area contributed by atoms with Crippen molar-refractivity contribution in [2.45, 2.75) is 6.92 Å². The number of nitrogens with one attached hydrogen (secondary N) is 1. The maximum Gasteiger partial charge on any atom is 0.257 e. The molecule has 2 aromatic rings. The number of carbonyl (C=O) groups is 1. The summed E-state index contributed by atoms with van der Waals surface area (Å²) in [5.74, 6) is -0.820. The lowest BCUT2D eigenvalue weighted by molar-refractivity contribution is 0.102. The monoisotopic (exact) mass is 323 g/mol. The molecule has 0 saturated heterocycles. The molecule has 3 N–H and O–H groups in total. The quantitative estimate of drug-likeness (QED) is 0.892. The highest BCUT2D eigenvalue weighted by molar-refractivity contribution is 9.10. The number of aromatic nitrogens is 1. The lowest BCUT2D eigenvalue weighted by Crippen LogP contribution is -2.14. The third-order valence-electron chi connectivity index (χ3n) is 2.53. The number of benzene rings is 1. The summed E-state index contributed by atoms with van der Waals surface area (Å²) in [6.45, 7) is 1.70. The molecular weight excluding hydrogens is 313 g/mol. The van der Waals surface area contributed by atoms with Gasteiger partial charge in [0.25, 0.3) is 5.91 Å². The lowest BCUT2D eigenvalue weighted by atomic mass is 10.1. The second kappa shape index (κ2) is 5.36. The van der Waals surface area contributed by atoms with Gasteiger partial charge in [0, 0.05) is 5.69 Å².